The van der Waals surface area contributed by atoms with Gasteiger partial charge < -0.3 is 9.42 Å². The molecule has 0 aliphatic rings. The molecule has 1 aromatic carbocycles. The smallest absolute Gasteiger partial charge is 0.255 e. The number of benzene rings is 1. The lowest BCUT2D eigenvalue weighted by Gasteiger charge is -2.26. The Labute approximate surface area is 172 Å². The summed E-state index contributed by atoms with van der Waals surface area (Å²) in [6.07, 6.45) is 3.49. The number of amides is 1. The van der Waals surface area contributed by atoms with Crippen molar-refractivity contribution in [3.05, 3.63) is 59.8 Å². The van der Waals surface area contributed by atoms with Gasteiger partial charge in [-0.25, -0.2) is 9.37 Å². The predicted octanol–water partition coefficient (Wildman–Crippen LogP) is 3.52. The summed E-state index contributed by atoms with van der Waals surface area (Å²) in [5.41, 5.74) is 2.24. The highest BCUT2D eigenvalue weighted by atomic mass is 19.1. The standard InChI is InChI=1S/C21H21FN6O2/c1-12(2)28(11-20-24-13(3)30-26-20)21(29)17-8-19(14-9-23-27(4)10-14)25-18-6-5-15(22)7-16(17)18/h5-10,12H,11H2,1-4H3. The van der Waals surface area contributed by atoms with Gasteiger partial charge >= 0.3 is 0 Å². The second-order valence-electron chi connectivity index (χ2n) is 7.38. The SMILES string of the molecule is Cc1nc(CN(C(=O)c2cc(-c3cnn(C)c3)nc3ccc(F)cc23)C(C)C)no1. The molecule has 0 aliphatic carbocycles. The first-order valence-corrected chi connectivity index (χ1v) is 9.51. The summed E-state index contributed by atoms with van der Waals surface area (Å²) in [6, 6.07) is 5.77. The number of hydrogen-bond donors (Lipinski definition) is 0. The number of rotatable bonds is 5. The van der Waals surface area contributed by atoms with Crippen LogP contribution in [-0.2, 0) is 13.6 Å². The first kappa shape index (κ1) is 19.7. The van der Waals surface area contributed by atoms with Gasteiger partial charge in [-0.2, -0.15) is 10.1 Å². The van der Waals surface area contributed by atoms with Gasteiger partial charge in [0.25, 0.3) is 5.91 Å². The molecule has 0 fully saturated rings. The maximum atomic E-state index is 14.0. The van der Waals surface area contributed by atoms with Gasteiger partial charge in [0.1, 0.15) is 5.82 Å². The van der Waals surface area contributed by atoms with Gasteiger partial charge in [-0.05, 0) is 38.1 Å². The summed E-state index contributed by atoms with van der Waals surface area (Å²) in [4.78, 5) is 24.0. The summed E-state index contributed by atoms with van der Waals surface area (Å²) in [5, 5.41) is 8.52. The molecular formula is C21H21FN6O2. The second kappa shape index (κ2) is 7.66. The Kier molecular flexibility index (Phi) is 5.03. The number of hydrogen-bond acceptors (Lipinski definition) is 6. The molecule has 1 amide bonds. The molecule has 30 heavy (non-hydrogen) atoms. The van der Waals surface area contributed by atoms with Crippen molar-refractivity contribution in [1.29, 1.82) is 0 Å². The molecule has 4 aromatic rings. The fourth-order valence-electron chi connectivity index (χ4n) is 3.28. The quantitative estimate of drug-likeness (QED) is 0.502. The number of aryl methyl sites for hydroxylation is 2. The molecule has 0 atom stereocenters. The molecule has 0 N–H and O–H groups in total. The van der Waals surface area contributed by atoms with E-state index in [1.165, 1.54) is 12.1 Å². The molecule has 4 rings (SSSR count). The molecule has 3 aromatic heterocycles. The summed E-state index contributed by atoms with van der Waals surface area (Å²) in [5.74, 6) is 0.135. The molecule has 3 heterocycles. The number of halogens is 1. The zero-order chi connectivity index (χ0) is 21.4. The van der Waals surface area contributed by atoms with E-state index < -0.39 is 5.82 Å². The molecular weight excluding hydrogens is 387 g/mol. The Balaban J connectivity index is 1.83. The Morgan fingerprint density at radius 2 is 2.07 bits per heavy atom. The number of aromatic nitrogens is 5. The monoisotopic (exact) mass is 408 g/mol. The Hall–Kier alpha value is -3.62. The summed E-state index contributed by atoms with van der Waals surface area (Å²) in [7, 11) is 1.80. The molecule has 0 aliphatic heterocycles. The van der Waals surface area contributed by atoms with E-state index in [1.54, 1.807) is 41.9 Å². The molecule has 8 nitrogen and oxygen atoms in total. The van der Waals surface area contributed by atoms with Crippen molar-refractivity contribution >= 4 is 16.8 Å². The van der Waals surface area contributed by atoms with Crippen LogP contribution in [0.3, 0.4) is 0 Å². The Morgan fingerprint density at radius 3 is 2.70 bits per heavy atom. The van der Waals surface area contributed by atoms with Crippen molar-refractivity contribution < 1.29 is 13.7 Å². The van der Waals surface area contributed by atoms with Gasteiger partial charge in [-0.3, -0.25) is 9.48 Å². The molecule has 0 radical (unpaired) electrons. The van der Waals surface area contributed by atoms with Crippen LogP contribution in [0.5, 0.6) is 0 Å². The van der Waals surface area contributed by atoms with Crippen LogP contribution in [0.2, 0.25) is 0 Å². The van der Waals surface area contributed by atoms with Crippen LogP contribution in [-0.4, -0.2) is 41.8 Å². The van der Waals surface area contributed by atoms with E-state index in [0.717, 1.165) is 5.56 Å². The van der Waals surface area contributed by atoms with Gasteiger partial charge in [0, 0.05) is 37.2 Å². The summed E-state index contributed by atoms with van der Waals surface area (Å²) >= 11 is 0. The second-order valence-corrected chi connectivity index (χ2v) is 7.38. The Bertz CT molecular complexity index is 1230. The average molecular weight is 408 g/mol. The normalized spacial score (nSPS) is 11.4. The van der Waals surface area contributed by atoms with Crippen molar-refractivity contribution in [2.45, 2.75) is 33.4 Å². The van der Waals surface area contributed by atoms with Gasteiger partial charge in [0.05, 0.1) is 29.5 Å². The number of nitrogens with zero attached hydrogens (tertiary/aromatic N) is 6. The Morgan fingerprint density at radius 1 is 1.27 bits per heavy atom. The van der Waals surface area contributed by atoms with Crippen LogP contribution in [0.4, 0.5) is 4.39 Å². The largest absolute Gasteiger partial charge is 0.340 e. The average Bonchev–Trinajstić information content (AvgIpc) is 3.32. The minimum atomic E-state index is -0.433. The molecule has 0 bridgehead atoms. The zero-order valence-corrected chi connectivity index (χ0v) is 17.1. The van der Waals surface area contributed by atoms with Crippen LogP contribution in [0.15, 0.2) is 41.2 Å². The zero-order valence-electron chi connectivity index (χ0n) is 17.1. The van der Waals surface area contributed by atoms with Crippen molar-refractivity contribution in [3.63, 3.8) is 0 Å². The topological polar surface area (TPSA) is 89.9 Å². The van der Waals surface area contributed by atoms with Gasteiger partial charge in [-0.1, -0.05) is 5.16 Å². The summed E-state index contributed by atoms with van der Waals surface area (Å²) < 4.78 is 20.7. The van der Waals surface area contributed by atoms with Gasteiger partial charge in [0.15, 0.2) is 5.82 Å². The van der Waals surface area contributed by atoms with E-state index in [2.05, 4.69) is 20.2 Å². The molecule has 0 saturated carbocycles. The number of pyridine rings is 1. The first-order valence-electron chi connectivity index (χ1n) is 9.51. The van der Waals surface area contributed by atoms with Gasteiger partial charge in [-0.15, -0.1) is 0 Å². The number of carbonyl (C=O) groups excluding carboxylic acids is 1. The fraction of sp³-hybridized carbons (Fsp3) is 0.286. The van der Waals surface area contributed by atoms with E-state index in [0.29, 0.717) is 33.9 Å². The molecule has 154 valence electrons. The van der Waals surface area contributed by atoms with E-state index >= 15 is 0 Å². The van der Waals surface area contributed by atoms with Crippen molar-refractivity contribution in [2.75, 3.05) is 0 Å². The molecule has 0 spiro atoms. The minimum absolute atomic E-state index is 0.144. The number of carbonyl (C=O) groups is 1. The van der Waals surface area contributed by atoms with Crippen LogP contribution in [0, 0.1) is 12.7 Å². The minimum Gasteiger partial charge on any atom is -0.340 e. The van der Waals surface area contributed by atoms with Crippen LogP contribution < -0.4 is 0 Å². The maximum absolute atomic E-state index is 14.0. The number of fused-ring (bicyclic) bond motifs is 1. The van der Waals surface area contributed by atoms with Gasteiger partial charge in [0.2, 0.25) is 5.89 Å². The van der Waals surface area contributed by atoms with Crippen molar-refractivity contribution in [3.8, 4) is 11.3 Å². The highest BCUT2D eigenvalue weighted by Gasteiger charge is 2.24. The molecule has 0 saturated heterocycles. The van der Waals surface area contributed by atoms with E-state index in [-0.39, 0.29) is 18.5 Å². The first-order chi connectivity index (χ1) is 14.3. The van der Waals surface area contributed by atoms with E-state index in [1.807, 2.05) is 20.0 Å². The highest BCUT2D eigenvalue weighted by Crippen LogP contribution is 2.27. The summed E-state index contributed by atoms with van der Waals surface area (Å²) in [6.45, 7) is 5.67. The van der Waals surface area contributed by atoms with Crippen LogP contribution in [0.25, 0.3) is 22.2 Å². The molecule has 9 heteroatoms. The van der Waals surface area contributed by atoms with Crippen LogP contribution >= 0.6 is 0 Å². The van der Waals surface area contributed by atoms with E-state index in [9.17, 15) is 9.18 Å². The lowest BCUT2D eigenvalue weighted by Crippen LogP contribution is -2.37. The fourth-order valence-corrected chi connectivity index (χ4v) is 3.28. The van der Waals surface area contributed by atoms with Crippen molar-refractivity contribution in [2.24, 2.45) is 7.05 Å². The third kappa shape index (κ3) is 3.78. The van der Waals surface area contributed by atoms with Crippen LogP contribution in [0.1, 0.15) is 35.9 Å². The van der Waals surface area contributed by atoms with E-state index in [4.69, 9.17) is 4.52 Å². The third-order valence-corrected chi connectivity index (χ3v) is 4.77. The third-order valence-electron chi connectivity index (χ3n) is 4.77. The lowest BCUT2D eigenvalue weighted by atomic mass is 10.0. The highest BCUT2D eigenvalue weighted by molar-refractivity contribution is 6.07. The lowest BCUT2D eigenvalue weighted by molar-refractivity contribution is 0.0685. The maximum Gasteiger partial charge on any atom is 0.255 e. The molecule has 0 unspecified atom stereocenters. The van der Waals surface area contributed by atoms with Crippen molar-refractivity contribution in [1.82, 2.24) is 29.8 Å². The predicted molar refractivity (Wildman–Crippen MR) is 108 cm³/mol.